The molecule has 1 fully saturated rings. The Balaban J connectivity index is 1.54. The van der Waals surface area contributed by atoms with Gasteiger partial charge in [-0.05, 0) is 29.8 Å². The van der Waals surface area contributed by atoms with Gasteiger partial charge in [0.2, 0.25) is 17.7 Å². The van der Waals surface area contributed by atoms with E-state index >= 15 is 0 Å². The Bertz CT molecular complexity index is 1300. The number of amides is 3. The monoisotopic (exact) mass is 481 g/mol. The summed E-state index contributed by atoms with van der Waals surface area (Å²) in [4.78, 5) is 51.2. The van der Waals surface area contributed by atoms with Gasteiger partial charge in [0, 0.05) is 16.5 Å². The molecule has 0 bridgehead atoms. The highest BCUT2D eigenvalue weighted by molar-refractivity contribution is 8.00. The minimum atomic E-state index is -0.672. The summed E-state index contributed by atoms with van der Waals surface area (Å²) in [5.74, 6) is -1.51. The molecule has 3 unspecified atom stereocenters. The van der Waals surface area contributed by atoms with Gasteiger partial charge in [0.05, 0.1) is 18.1 Å². The number of ether oxygens (including phenoxy) is 1. The van der Waals surface area contributed by atoms with Crippen molar-refractivity contribution in [3.63, 3.8) is 0 Å². The molecule has 3 aromatic rings. The van der Waals surface area contributed by atoms with Crippen LogP contribution in [0.5, 0.6) is 5.75 Å². The molecule has 0 spiro atoms. The van der Waals surface area contributed by atoms with Gasteiger partial charge in [0.25, 0.3) is 0 Å². The Labute approximate surface area is 197 Å². The molecular formula is C23H19N3O5S2. The number of benzene rings is 2. The number of rotatable bonds is 5. The first kappa shape index (κ1) is 21.5. The van der Waals surface area contributed by atoms with E-state index in [2.05, 4.69) is 10.6 Å². The SMILES string of the molecule is COc1ccc(C2c3sc(=O)n(CC(=O)Nc4ccccc4)c3SC3C(=O)NC(=O)C32)cc1. The van der Waals surface area contributed by atoms with Crippen molar-refractivity contribution in [2.45, 2.75) is 22.7 Å². The fraction of sp³-hybridized carbons (Fsp3) is 0.217. The number of methoxy groups -OCH3 is 1. The van der Waals surface area contributed by atoms with Crippen LogP contribution in [0.15, 0.2) is 64.4 Å². The summed E-state index contributed by atoms with van der Waals surface area (Å²) >= 11 is 2.19. The highest BCUT2D eigenvalue weighted by Crippen LogP contribution is 2.51. The van der Waals surface area contributed by atoms with Crippen LogP contribution in [0.25, 0.3) is 0 Å². The lowest BCUT2D eigenvalue weighted by Gasteiger charge is -2.30. The number of aromatic nitrogens is 1. The first-order valence-corrected chi connectivity index (χ1v) is 11.9. The van der Waals surface area contributed by atoms with Crippen molar-refractivity contribution in [3.05, 3.63) is 74.7 Å². The van der Waals surface area contributed by atoms with Crippen molar-refractivity contribution in [2.24, 2.45) is 5.92 Å². The molecule has 3 heterocycles. The number of thioether (sulfide) groups is 1. The van der Waals surface area contributed by atoms with Crippen LogP contribution >= 0.6 is 23.1 Å². The van der Waals surface area contributed by atoms with Crippen LogP contribution in [0.2, 0.25) is 0 Å². The largest absolute Gasteiger partial charge is 0.497 e. The standard InChI is InChI=1S/C23H19N3O5S2/c1-31-14-9-7-12(8-10-14)16-17-18(21(29)25-20(17)28)32-22-19(16)33-23(30)26(22)11-15(27)24-13-5-3-2-4-6-13/h2-10,16-18H,11H2,1H3,(H,24,27)(H,25,28,29). The molecule has 1 saturated heterocycles. The molecule has 3 atom stereocenters. The van der Waals surface area contributed by atoms with E-state index in [4.69, 9.17) is 4.74 Å². The molecule has 8 nitrogen and oxygen atoms in total. The molecule has 0 saturated carbocycles. The van der Waals surface area contributed by atoms with Crippen LogP contribution in [0.4, 0.5) is 5.69 Å². The highest BCUT2D eigenvalue weighted by Gasteiger charge is 2.52. The predicted octanol–water partition coefficient (Wildman–Crippen LogP) is 2.44. The van der Waals surface area contributed by atoms with E-state index in [0.717, 1.165) is 16.9 Å². The van der Waals surface area contributed by atoms with E-state index in [1.54, 1.807) is 43.5 Å². The number of anilines is 1. The van der Waals surface area contributed by atoms with Gasteiger partial charge < -0.3 is 10.1 Å². The Morgan fingerprint density at radius 2 is 1.79 bits per heavy atom. The maximum Gasteiger partial charge on any atom is 0.308 e. The van der Waals surface area contributed by atoms with Gasteiger partial charge in [-0.1, -0.05) is 53.4 Å². The number of para-hydroxylation sites is 1. The second-order valence-electron chi connectivity index (χ2n) is 7.71. The first-order chi connectivity index (χ1) is 16.0. The summed E-state index contributed by atoms with van der Waals surface area (Å²) < 4.78 is 6.63. The van der Waals surface area contributed by atoms with Crippen LogP contribution in [-0.4, -0.2) is 34.6 Å². The molecule has 33 heavy (non-hydrogen) atoms. The second kappa shape index (κ2) is 8.53. The quantitative estimate of drug-likeness (QED) is 0.542. The highest BCUT2D eigenvalue weighted by atomic mass is 32.2. The summed E-state index contributed by atoms with van der Waals surface area (Å²) in [6.45, 7) is -0.186. The maximum absolute atomic E-state index is 12.9. The van der Waals surface area contributed by atoms with E-state index < -0.39 is 17.1 Å². The molecule has 168 valence electrons. The summed E-state index contributed by atoms with van der Waals surface area (Å²) in [6, 6.07) is 16.2. The Kier molecular flexibility index (Phi) is 5.55. The van der Waals surface area contributed by atoms with Gasteiger partial charge >= 0.3 is 4.87 Å². The Hall–Kier alpha value is -3.37. The molecule has 2 aromatic carbocycles. The number of nitrogens with one attached hydrogen (secondary N) is 2. The summed E-state index contributed by atoms with van der Waals surface area (Å²) in [5.41, 5.74) is 1.43. The number of hydrogen-bond donors (Lipinski definition) is 2. The van der Waals surface area contributed by atoms with Gasteiger partial charge in [-0.25, -0.2) is 0 Å². The lowest BCUT2D eigenvalue weighted by Crippen LogP contribution is -2.32. The molecule has 0 radical (unpaired) electrons. The van der Waals surface area contributed by atoms with E-state index in [1.165, 1.54) is 16.3 Å². The molecule has 2 aliphatic heterocycles. The molecule has 2 aliphatic rings. The third-order valence-electron chi connectivity index (χ3n) is 5.72. The van der Waals surface area contributed by atoms with Crippen LogP contribution in [-0.2, 0) is 20.9 Å². The van der Waals surface area contributed by atoms with E-state index in [1.807, 2.05) is 18.2 Å². The summed E-state index contributed by atoms with van der Waals surface area (Å²) in [5, 5.41) is 5.09. The molecule has 3 amide bonds. The molecular weight excluding hydrogens is 462 g/mol. The van der Waals surface area contributed by atoms with Crippen LogP contribution in [0, 0.1) is 5.92 Å². The fourth-order valence-corrected chi connectivity index (χ4v) is 6.95. The van der Waals surface area contributed by atoms with E-state index in [9.17, 15) is 19.2 Å². The minimum absolute atomic E-state index is 0.186. The molecule has 5 rings (SSSR count). The van der Waals surface area contributed by atoms with Crippen molar-refractivity contribution >= 4 is 46.5 Å². The number of carbonyl (C=O) groups excluding carboxylic acids is 3. The van der Waals surface area contributed by atoms with Crippen molar-refractivity contribution in [1.29, 1.82) is 0 Å². The number of hydrogen-bond acceptors (Lipinski definition) is 7. The van der Waals surface area contributed by atoms with Gasteiger partial charge in [-0.15, -0.1) is 0 Å². The zero-order chi connectivity index (χ0) is 23.1. The van der Waals surface area contributed by atoms with Crippen molar-refractivity contribution in [2.75, 3.05) is 12.4 Å². The van der Waals surface area contributed by atoms with Crippen LogP contribution in [0.3, 0.4) is 0 Å². The summed E-state index contributed by atoms with van der Waals surface area (Å²) in [6.07, 6.45) is 0. The van der Waals surface area contributed by atoms with Crippen LogP contribution < -0.4 is 20.2 Å². The maximum atomic E-state index is 12.9. The zero-order valence-corrected chi connectivity index (χ0v) is 19.1. The Morgan fingerprint density at radius 3 is 2.48 bits per heavy atom. The molecule has 0 aliphatic carbocycles. The zero-order valence-electron chi connectivity index (χ0n) is 17.4. The summed E-state index contributed by atoms with van der Waals surface area (Å²) in [7, 11) is 1.57. The number of thiazole rings is 1. The van der Waals surface area contributed by atoms with Crippen molar-refractivity contribution in [3.8, 4) is 5.75 Å². The van der Waals surface area contributed by atoms with Gasteiger partial charge in [0.15, 0.2) is 0 Å². The lowest BCUT2D eigenvalue weighted by atomic mass is 9.83. The topological polar surface area (TPSA) is 106 Å². The van der Waals surface area contributed by atoms with Gasteiger partial charge in [-0.3, -0.25) is 29.1 Å². The van der Waals surface area contributed by atoms with Gasteiger partial charge in [-0.2, -0.15) is 0 Å². The number of nitrogens with zero attached hydrogens (tertiary/aromatic N) is 1. The van der Waals surface area contributed by atoms with Gasteiger partial charge in [0.1, 0.15) is 17.5 Å². The second-order valence-corrected chi connectivity index (χ2v) is 9.83. The van der Waals surface area contributed by atoms with Crippen molar-refractivity contribution in [1.82, 2.24) is 9.88 Å². The average Bonchev–Trinajstić information content (AvgIpc) is 3.28. The van der Waals surface area contributed by atoms with Crippen LogP contribution in [0.1, 0.15) is 16.4 Å². The van der Waals surface area contributed by atoms with E-state index in [-0.39, 0.29) is 29.1 Å². The average molecular weight is 482 g/mol. The normalized spacial score (nSPS) is 21.2. The third kappa shape index (κ3) is 3.85. The smallest absolute Gasteiger partial charge is 0.308 e. The number of fused-ring (bicyclic) bond motifs is 2. The molecule has 10 heteroatoms. The number of carbonyl (C=O) groups is 3. The molecule has 2 N–H and O–H groups in total. The fourth-order valence-electron chi connectivity index (χ4n) is 4.21. The minimum Gasteiger partial charge on any atom is -0.497 e. The number of imide groups is 1. The van der Waals surface area contributed by atoms with Crippen molar-refractivity contribution < 1.29 is 19.1 Å². The predicted molar refractivity (Wildman–Crippen MR) is 125 cm³/mol. The van der Waals surface area contributed by atoms with E-state index in [0.29, 0.717) is 21.3 Å². The third-order valence-corrected chi connectivity index (χ3v) is 8.34. The molecule has 1 aromatic heterocycles. The lowest BCUT2D eigenvalue weighted by molar-refractivity contribution is -0.126. The Morgan fingerprint density at radius 1 is 1.06 bits per heavy atom. The first-order valence-electron chi connectivity index (χ1n) is 10.2.